The van der Waals surface area contributed by atoms with Crippen LogP contribution in [0.3, 0.4) is 0 Å². The Hall–Kier alpha value is -3.80. The minimum Gasteiger partial charge on any atom is -0.456 e. The van der Waals surface area contributed by atoms with Crippen molar-refractivity contribution in [3.63, 3.8) is 0 Å². The van der Waals surface area contributed by atoms with Gasteiger partial charge in [-0.25, -0.2) is 25.6 Å². The number of hydrogen-bond donors (Lipinski definition) is 1. The summed E-state index contributed by atoms with van der Waals surface area (Å²) >= 11 is 20.1. The zero-order chi connectivity index (χ0) is 39.3. The molecular formula is C30H17BrCl3F7N2O7S2. The van der Waals surface area contributed by atoms with Crippen LogP contribution in [0.15, 0.2) is 74.9 Å². The molecule has 0 radical (unpaired) electrons. The Morgan fingerprint density at radius 2 is 1.35 bits per heavy atom. The number of nitriles is 1. The van der Waals surface area contributed by atoms with Crippen LogP contribution in [0.25, 0.3) is 0 Å². The molecule has 0 bridgehead atoms. The summed E-state index contributed by atoms with van der Waals surface area (Å²) in [6, 6.07) is 11.4. The van der Waals surface area contributed by atoms with E-state index in [4.69, 9.17) is 49.5 Å². The van der Waals surface area contributed by atoms with Gasteiger partial charge in [0.1, 0.15) is 46.3 Å². The predicted molar refractivity (Wildman–Crippen MR) is 177 cm³/mol. The largest absolute Gasteiger partial charge is 0.501 e. The van der Waals surface area contributed by atoms with Crippen LogP contribution in [0.1, 0.15) is 18.1 Å². The van der Waals surface area contributed by atoms with Gasteiger partial charge in [0.05, 0.1) is 19.3 Å². The van der Waals surface area contributed by atoms with Gasteiger partial charge in [0.15, 0.2) is 0 Å². The molecule has 52 heavy (non-hydrogen) atoms. The maximum Gasteiger partial charge on any atom is 0.501 e. The molecule has 9 nitrogen and oxygen atoms in total. The first kappa shape index (κ1) is 42.6. The Kier molecular flexibility index (Phi) is 13.9. The van der Waals surface area contributed by atoms with Gasteiger partial charge >= 0.3 is 11.3 Å². The van der Waals surface area contributed by atoms with Crippen molar-refractivity contribution in [1.82, 2.24) is 5.32 Å². The first-order valence-corrected chi connectivity index (χ1v) is 18.3. The van der Waals surface area contributed by atoms with Gasteiger partial charge < -0.3 is 14.8 Å². The fraction of sp³-hybridized carbons (Fsp3) is 0.133. The molecule has 0 heterocycles. The lowest BCUT2D eigenvalue weighted by molar-refractivity contribution is -0.119. The SMILES string of the molecule is CC(=O)NCc1c(S(=O)(=O)C(F)F)ccc(Oc2cc(F)cc(Cl)c2)c1Br.N#Cc1c(Oc2cc(F)cc(Cl)c2)ccc(S(=O)(=O)C(F)(F)F)c1Cl. The van der Waals surface area contributed by atoms with E-state index in [0.29, 0.717) is 6.07 Å². The summed E-state index contributed by atoms with van der Waals surface area (Å²) < 4.78 is 148. The molecule has 4 aromatic rings. The maximum atomic E-state index is 13.4. The second kappa shape index (κ2) is 16.9. The highest BCUT2D eigenvalue weighted by Crippen LogP contribution is 2.41. The molecular weight excluding hydrogens is 884 g/mol. The molecule has 22 heteroatoms. The Morgan fingerprint density at radius 1 is 0.865 bits per heavy atom. The number of nitrogens with one attached hydrogen (secondary N) is 1. The number of ether oxygens (including phenoxy) is 2. The van der Waals surface area contributed by atoms with E-state index < -0.39 is 68.9 Å². The average Bonchev–Trinajstić information content (AvgIpc) is 3.00. The van der Waals surface area contributed by atoms with Gasteiger partial charge in [-0.15, -0.1) is 0 Å². The van der Waals surface area contributed by atoms with Gasteiger partial charge in [-0.3, -0.25) is 4.79 Å². The van der Waals surface area contributed by atoms with E-state index >= 15 is 0 Å². The molecule has 0 saturated heterocycles. The number of amides is 1. The lowest BCUT2D eigenvalue weighted by Crippen LogP contribution is -2.23. The van der Waals surface area contributed by atoms with Gasteiger partial charge in [-0.1, -0.05) is 34.8 Å². The molecule has 0 aliphatic rings. The van der Waals surface area contributed by atoms with Gasteiger partial charge in [0.2, 0.25) is 15.7 Å². The maximum absolute atomic E-state index is 13.4. The van der Waals surface area contributed by atoms with Crippen LogP contribution in [0.4, 0.5) is 30.7 Å². The molecule has 0 atom stereocenters. The van der Waals surface area contributed by atoms with Crippen LogP contribution in [0.5, 0.6) is 23.0 Å². The summed E-state index contributed by atoms with van der Waals surface area (Å²) in [7, 11) is -10.7. The fourth-order valence-electron chi connectivity index (χ4n) is 3.89. The first-order chi connectivity index (χ1) is 24.0. The zero-order valence-corrected chi connectivity index (χ0v) is 30.8. The third-order valence-electron chi connectivity index (χ3n) is 6.12. The zero-order valence-electron chi connectivity index (χ0n) is 25.3. The lowest BCUT2D eigenvalue weighted by atomic mass is 10.2. The van der Waals surface area contributed by atoms with E-state index in [1.165, 1.54) is 25.1 Å². The number of carbonyl (C=O) groups is 1. The van der Waals surface area contributed by atoms with Crippen molar-refractivity contribution in [2.24, 2.45) is 0 Å². The fourth-order valence-corrected chi connectivity index (χ4v) is 7.32. The van der Waals surface area contributed by atoms with Crippen LogP contribution in [-0.2, 0) is 31.0 Å². The van der Waals surface area contributed by atoms with Crippen LogP contribution in [0, 0.1) is 23.0 Å². The Labute approximate surface area is 313 Å². The number of hydrogen-bond acceptors (Lipinski definition) is 8. The third kappa shape index (κ3) is 10.2. The number of carbonyl (C=O) groups excluding carboxylic acids is 1. The average molecular weight is 901 g/mol. The second-order valence-electron chi connectivity index (χ2n) is 9.80. The minimum absolute atomic E-state index is 0.00986. The summed E-state index contributed by atoms with van der Waals surface area (Å²) in [5.41, 5.74) is -6.39. The van der Waals surface area contributed by atoms with Crippen molar-refractivity contribution in [2.45, 2.75) is 34.5 Å². The van der Waals surface area contributed by atoms with E-state index in [0.717, 1.165) is 42.5 Å². The van der Waals surface area contributed by atoms with Crippen LogP contribution < -0.4 is 14.8 Å². The molecule has 278 valence electrons. The Bertz CT molecular complexity index is 2250. The lowest BCUT2D eigenvalue weighted by Gasteiger charge is -2.16. The highest BCUT2D eigenvalue weighted by Gasteiger charge is 2.48. The summed E-state index contributed by atoms with van der Waals surface area (Å²) in [4.78, 5) is 9.21. The number of alkyl halides is 5. The molecule has 0 aromatic heterocycles. The molecule has 0 aliphatic heterocycles. The molecule has 1 amide bonds. The smallest absolute Gasteiger partial charge is 0.456 e. The van der Waals surface area contributed by atoms with Crippen molar-refractivity contribution in [3.8, 4) is 29.1 Å². The topological polar surface area (TPSA) is 140 Å². The molecule has 0 aliphatic carbocycles. The van der Waals surface area contributed by atoms with E-state index in [-0.39, 0.29) is 49.6 Å². The standard InChI is InChI=1S/C16H12BrClF3NO4S.C14H5Cl2F4NO3S/c1-8(23)22-7-12-14(27(24,25)16(20)21)3-2-13(15(12)17)26-11-5-9(18)4-10(19)6-11;15-7-3-8(17)5-9(4-7)24-11-1-2-12(13(16)10(11)6-21)25(22,23)14(18,19)20/h2-6,16H,7H2,1H3,(H,22,23);1-5H. The normalized spacial score (nSPS) is 11.7. The monoisotopic (exact) mass is 898 g/mol. The highest BCUT2D eigenvalue weighted by molar-refractivity contribution is 9.10. The highest BCUT2D eigenvalue weighted by atomic mass is 79.9. The number of sulfone groups is 2. The Balaban J connectivity index is 0.000000281. The molecule has 0 spiro atoms. The minimum atomic E-state index is -5.76. The van der Waals surface area contributed by atoms with Crippen LogP contribution in [0.2, 0.25) is 15.1 Å². The molecule has 4 rings (SSSR count). The van der Waals surface area contributed by atoms with Crippen LogP contribution >= 0.6 is 50.7 Å². The molecule has 4 aromatic carbocycles. The summed E-state index contributed by atoms with van der Waals surface area (Å²) in [5, 5.41) is 10.5. The van der Waals surface area contributed by atoms with E-state index in [9.17, 15) is 52.4 Å². The first-order valence-electron chi connectivity index (χ1n) is 13.4. The molecule has 0 unspecified atom stereocenters. The molecule has 0 fully saturated rings. The third-order valence-corrected chi connectivity index (χ3v) is 10.9. The van der Waals surface area contributed by atoms with E-state index in [1.54, 1.807) is 0 Å². The summed E-state index contributed by atoms with van der Waals surface area (Å²) in [6.07, 6.45) is 0. The number of rotatable bonds is 9. The van der Waals surface area contributed by atoms with Crippen molar-refractivity contribution in [2.75, 3.05) is 0 Å². The molecule has 1 N–H and O–H groups in total. The number of nitrogens with zero attached hydrogens (tertiary/aromatic N) is 1. The van der Waals surface area contributed by atoms with Crippen LogP contribution in [-0.4, -0.2) is 34.0 Å². The quantitative estimate of drug-likeness (QED) is 0.164. The van der Waals surface area contributed by atoms with Crippen molar-refractivity contribution < 1.29 is 61.8 Å². The van der Waals surface area contributed by atoms with Gasteiger partial charge in [-0.05, 0) is 64.5 Å². The van der Waals surface area contributed by atoms with Gasteiger partial charge in [0.25, 0.3) is 9.84 Å². The van der Waals surface area contributed by atoms with Crippen molar-refractivity contribution in [1.29, 1.82) is 5.26 Å². The Morgan fingerprint density at radius 3 is 1.79 bits per heavy atom. The van der Waals surface area contributed by atoms with Gasteiger partial charge in [0, 0.05) is 41.2 Å². The number of benzene rings is 4. The molecule has 0 saturated carbocycles. The van der Waals surface area contributed by atoms with Gasteiger partial charge in [-0.2, -0.15) is 27.2 Å². The van der Waals surface area contributed by atoms with E-state index in [1.807, 2.05) is 0 Å². The summed E-state index contributed by atoms with van der Waals surface area (Å²) in [6.45, 7) is 0.836. The van der Waals surface area contributed by atoms with Crippen molar-refractivity contribution in [3.05, 3.63) is 103 Å². The second-order valence-corrected chi connectivity index (χ2v) is 15.6. The summed E-state index contributed by atoms with van der Waals surface area (Å²) in [5.74, 6) is -6.06. The van der Waals surface area contributed by atoms with E-state index in [2.05, 4.69) is 21.2 Å². The number of halogens is 11. The predicted octanol–water partition coefficient (Wildman–Crippen LogP) is 9.76. The van der Waals surface area contributed by atoms with Crippen molar-refractivity contribution >= 4 is 76.3 Å².